The lowest BCUT2D eigenvalue weighted by Gasteiger charge is -2.15. The number of hydrogen-bond donors (Lipinski definition) is 0. The minimum atomic E-state index is -3.36. The molecular weight excluding hydrogens is 221 g/mol. The average molecular weight is 230 g/mol. The van der Waals surface area contributed by atoms with Crippen LogP contribution < -0.4 is 0 Å². The Bertz CT molecular complexity index is 437. The normalized spacial score (nSPS) is 20.0. The number of rotatable bonds is 2. The standard InChI is InChI=1S/C11H9F3O2/c1-11(13,14)16-9-5-6-4-7(12)2-3-8(6)10(9)15/h2-4,9H,5H2,1H3. The number of hydrogen-bond acceptors (Lipinski definition) is 2. The molecule has 0 saturated heterocycles. The first-order valence-corrected chi connectivity index (χ1v) is 4.75. The highest BCUT2D eigenvalue weighted by Gasteiger charge is 2.37. The molecule has 16 heavy (non-hydrogen) atoms. The fraction of sp³-hybridized carbons (Fsp3) is 0.364. The summed E-state index contributed by atoms with van der Waals surface area (Å²) < 4.78 is 42.4. The summed E-state index contributed by atoms with van der Waals surface area (Å²) in [6, 6.07) is 3.60. The smallest absolute Gasteiger partial charge is 0.309 e. The maximum absolute atomic E-state index is 12.9. The summed E-state index contributed by atoms with van der Waals surface area (Å²) in [5.74, 6) is -1.01. The van der Waals surface area contributed by atoms with Crippen LogP contribution in [0, 0.1) is 5.82 Å². The number of carbonyl (C=O) groups is 1. The molecule has 1 aromatic rings. The number of Topliss-reactive ketones (excluding diaryl/α,β-unsaturated/α-hetero) is 1. The van der Waals surface area contributed by atoms with Crippen LogP contribution in [0.2, 0.25) is 0 Å². The third kappa shape index (κ3) is 2.09. The molecule has 2 rings (SSSR count). The molecule has 86 valence electrons. The van der Waals surface area contributed by atoms with Crippen molar-refractivity contribution in [2.75, 3.05) is 0 Å². The highest BCUT2D eigenvalue weighted by molar-refractivity contribution is 6.03. The third-order valence-electron chi connectivity index (χ3n) is 2.38. The van der Waals surface area contributed by atoms with Crippen LogP contribution in [0.1, 0.15) is 22.8 Å². The maximum atomic E-state index is 12.9. The SMILES string of the molecule is CC(F)(F)OC1Cc2cc(F)ccc2C1=O. The van der Waals surface area contributed by atoms with Gasteiger partial charge in [-0.2, -0.15) is 8.78 Å². The molecule has 0 bridgehead atoms. The number of benzene rings is 1. The summed E-state index contributed by atoms with van der Waals surface area (Å²) in [4.78, 5) is 11.6. The minimum absolute atomic E-state index is 0.00461. The van der Waals surface area contributed by atoms with Gasteiger partial charge in [-0.1, -0.05) is 0 Å². The molecule has 1 unspecified atom stereocenters. The number of ketones is 1. The lowest BCUT2D eigenvalue weighted by atomic mass is 10.1. The van der Waals surface area contributed by atoms with Gasteiger partial charge in [-0.05, 0) is 23.8 Å². The van der Waals surface area contributed by atoms with Crippen LogP contribution in [0.15, 0.2) is 18.2 Å². The molecule has 0 heterocycles. The molecule has 0 amide bonds. The van der Waals surface area contributed by atoms with Gasteiger partial charge in [-0.3, -0.25) is 4.79 Å². The van der Waals surface area contributed by atoms with E-state index < -0.39 is 23.8 Å². The summed E-state index contributed by atoms with van der Waals surface area (Å²) in [5, 5.41) is 0. The molecule has 0 aliphatic heterocycles. The Hall–Kier alpha value is -1.36. The Morgan fingerprint density at radius 2 is 2.12 bits per heavy atom. The topological polar surface area (TPSA) is 26.3 Å². The Balaban J connectivity index is 2.24. The zero-order chi connectivity index (χ0) is 11.9. The van der Waals surface area contributed by atoms with Crippen molar-refractivity contribution in [3.05, 3.63) is 35.1 Å². The van der Waals surface area contributed by atoms with E-state index >= 15 is 0 Å². The van der Waals surface area contributed by atoms with Crippen molar-refractivity contribution in [3.63, 3.8) is 0 Å². The van der Waals surface area contributed by atoms with Gasteiger partial charge in [-0.25, -0.2) is 4.39 Å². The van der Waals surface area contributed by atoms with Crippen LogP contribution in [-0.4, -0.2) is 18.0 Å². The second-order valence-electron chi connectivity index (χ2n) is 3.78. The van der Waals surface area contributed by atoms with E-state index in [0.29, 0.717) is 12.5 Å². The lowest BCUT2D eigenvalue weighted by molar-refractivity contribution is -0.238. The van der Waals surface area contributed by atoms with E-state index in [1.54, 1.807) is 0 Å². The lowest BCUT2D eigenvalue weighted by Crippen LogP contribution is -2.29. The molecular formula is C11H9F3O2. The van der Waals surface area contributed by atoms with E-state index in [-0.39, 0.29) is 12.0 Å². The number of fused-ring (bicyclic) bond motifs is 1. The van der Waals surface area contributed by atoms with Gasteiger partial charge >= 0.3 is 6.11 Å². The van der Waals surface area contributed by atoms with Crippen LogP contribution in [0.25, 0.3) is 0 Å². The summed E-state index contributed by atoms with van der Waals surface area (Å²) in [5.41, 5.74) is 0.676. The Kier molecular flexibility index (Phi) is 2.50. The zero-order valence-electron chi connectivity index (χ0n) is 8.47. The predicted molar refractivity (Wildman–Crippen MR) is 49.9 cm³/mol. The molecule has 1 aromatic carbocycles. The van der Waals surface area contributed by atoms with Gasteiger partial charge in [0, 0.05) is 18.9 Å². The van der Waals surface area contributed by atoms with Gasteiger partial charge < -0.3 is 4.74 Å². The summed E-state index contributed by atoms with van der Waals surface area (Å²) in [6.07, 6.45) is -4.58. The first kappa shape index (κ1) is 11.1. The second-order valence-corrected chi connectivity index (χ2v) is 3.78. The molecule has 0 fully saturated rings. The average Bonchev–Trinajstić information content (AvgIpc) is 2.40. The highest BCUT2D eigenvalue weighted by Crippen LogP contribution is 2.28. The van der Waals surface area contributed by atoms with Gasteiger partial charge in [0.05, 0.1) is 0 Å². The molecule has 2 nitrogen and oxygen atoms in total. The first-order chi connectivity index (χ1) is 7.37. The minimum Gasteiger partial charge on any atom is -0.309 e. The molecule has 0 aromatic heterocycles. The molecule has 0 radical (unpaired) electrons. The van der Waals surface area contributed by atoms with Crippen molar-refractivity contribution in [1.82, 2.24) is 0 Å². The summed E-state index contributed by atoms with van der Waals surface area (Å²) in [7, 11) is 0. The van der Waals surface area contributed by atoms with Gasteiger partial charge in [0.25, 0.3) is 0 Å². The molecule has 1 atom stereocenters. The maximum Gasteiger partial charge on any atom is 0.353 e. The van der Waals surface area contributed by atoms with Crippen LogP contribution in [0.3, 0.4) is 0 Å². The largest absolute Gasteiger partial charge is 0.353 e. The van der Waals surface area contributed by atoms with Crippen molar-refractivity contribution in [1.29, 1.82) is 0 Å². The fourth-order valence-corrected chi connectivity index (χ4v) is 1.78. The van der Waals surface area contributed by atoms with Crippen molar-refractivity contribution >= 4 is 5.78 Å². The quantitative estimate of drug-likeness (QED) is 0.780. The molecule has 0 saturated carbocycles. The van der Waals surface area contributed by atoms with E-state index in [2.05, 4.69) is 4.74 Å². The van der Waals surface area contributed by atoms with Crippen molar-refractivity contribution in [3.8, 4) is 0 Å². The zero-order valence-corrected chi connectivity index (χ0v) is 8.47. The summed E-state index contributed by atoms with van der Waals surface area (Å²) >= 11 is 0. The van der Waals surface area contributed by atoms with Gasteiger partial charge in [0.2, 0.25) is 0 Å². The van der Waals surface area contributed by atoms with Crippen molar-refractivity contribution in [2.45, 2.75) is 25.6 Å². The molecule has 0 N–H and O–H groups in total. The van der Waals surface area contributed by atoms with Crippen molar-refractivity contribution < 1.29 is 22.7 Å². The van der Waals surface area contributed by atoms with Gasteiger partial charge in [-0.15, -0.1) is 0 Å². The van der Waals surface area contributed by atoms with Crippen LogP contribution >= 0.6 is 0 Å². The second kappa shape index (κ2) is 3.59. The fourth-order valence-electron chi connectivity index (χ4n) is 1.78. The Labute approximate surface area is 90.0 Å². The highest BCUT2D eigenvalue weighted by atomic mass is 19.3. The number of halogens is 3. The summed E-state index contributed by atoms with van der Waals surface area (Å²) in [6.45, 7) is 0.573. The number of alkyl halides is 2. The van der Waals surface area contributed by atoms with Gasteiger partial charge in [0.15, 0.2) is 5.78 Å². The monoisotopic (exact) mass is 230 g/mol. The van der Waals surface area contributed by atoms with E-state index in [0.717, 1.165) is 6.07 Å². The van der Waals surface area contributed by atoms with Crippen molar-refractivity contribution in [2.24, 2.45) is 0 Å². The molecule has 5 heteroatoms. The van der Waals surface area contributed by atoms with Crippen LogP contribution in [0.5, 0.6) is 0 Å². The van der Waals surface area contributed by atoms with Gasteiger partial charge in [0.1, 0.15) is 11.9 Å². The number of carbonyl (C=O) groups excluding carboxylic acids is 1. The molecule has 1 aliphatic carbocycles. The predicted octanol–water partition coefficient (Wildman–Crippen LogP) is 2.56. The third-order valence-corrected chi connectivity index (χ3v) is 2.38. The van der Waals surface area contributed by atoms with E-state index in [9.17, 15) is 18.0 Å². The first-order valence-electron chi connectivity index (χ1n) is 4.75. The van der Waals surface area contributed by atoms with E-state index in [4.69, 9.17) is 0 Å². The van der Waals surface area contributed by atoms with E-state index in [1.165, 1.54) is 12.1 Å². The Morgan fingerprint density at radius 1 is 1.44 bits per heavy atom. The molecule has 0 spiro atoms. The van der Waals surface area contributed by atoms with E-state index in [1.807, 2.05) is 0 Å². The Morgan fingerprint density at radius 3 is 2.75 bits per heavy atom. The van der Waals surface area contributed by atoms with Crippen LogP contribution in [0.4, 0.5) is 13.2 Å². The molecule has 1 aliphatic rings. The van der Waals surface area contributed by atoms with Crippen LogP contribution in [-0.2, 0) is 11.2 Å². The number of ether oxygens (including phenoxy) is 1.